The second-order valence-electron chi connectivity index (χ2n) is 3.79. The van der Waals surface area contributed by atoms with Crippen molar-refractivity contribution in [3.8, 4) is 0 Å². The number of benzene rings is 1. The zero-order valence-corrected chi connectivity index (χ0v) is 8.70. The molecule has 1 nitrogen and oxygen atoms in total. The highest BCUT2D eigenvalue weighted by molar-refractivity contribution is 5.82. The number of rotatable bonds is 2. The smallest absolute Gasteiger partial charge is 0.0346 e. The summed E-state index contributed by atoms with van der Waals surface area (Å²) in [6.45, 7) is 4.49. The SMILES string of the molecule is CCC(C)c1ccc2cnccc2c1. The first kappa shape index (κ1) is 9.20. The van der Waals surface area contributed by atoms with Crippen LogP contribution in [0, 0.1) is 0 Å². The minimum atomic E-state index is 0.646. The van der Waals surface area contributed by atoms with Gasteiger partial charge in [-0.2, -0.15) is 0 Å². The lowest BCUT2D eigenvalue weighted by atomic mass is 9.96. The summed E-state index contributed by atoms with van der Waals surface area (Å²) >= 11 is 0. The minimum Gasteiger partial charge on any atom is -0.264 e. The second kappa shape index (κ2) is 3.79. The first-order valence-electron chi connectivity index (χ1n) is 5.15. The van der Waals surface area contributed by atoms with Crippen LogP contribution in [0.3, 0.4) is 0 Å². The number of aromatic nitrogens is 1. The van der Waals surface area contributed by atoms with Crippen LogP contribution in [-0.4, -0.2) is 4.98 Å². The molecule has 0 saturated carbocycles. The van der Waals surface area contributed by atoms with Gasteiger partial charge in [0.15, 0.2) is 0 Å². The molecule has 0 aliphatic rings. The van der Waals surface area contributed by atoms with E-state index >= 15 is 0 Å². The van der Waals surface area contributed by atoms with Gasteiger partial charge in [0.05, 0.1) is 0 Å². The van der Waals surface area contributed by atoms with Crippen molar-refractivity contribution < 1.29 is 0 Å². The summed E-state index contributed by atoms with van der Waals surface area (Å²) in [7, 11) is 0. The summed E-state index contributed by atoms with van der Waals surface area (Å²) in [5, 5.41) is 2.51. The molecule has 0 aliphatic carbocycles. The molecule has 0 N–H and O–H groups in total. The molecular formula is C13H15N. The Morgan fingerprint density at radius 3 is 2.86 bits per heavy atom. The second-order valence-corrected chi connectivity index (χ2v) is 3.79. The van der Waals surface area contributed by atoms with E-state index in [1.54, 1.807) is 0 Å². The van der Waals surface area contributed by atoms with Crippen LogP contribution in [0.4, 0.5) is 0 Å². The molecule has 1 aromatic heterocycles. The summed E-state index contributed by atoms with van der Waals surface area (Å²) in [6.07, 6.45) is 4.95. The van der Waals surface area contributed by atoms with Gasteiger partial charge in [-0.05, 0) is 29.4 Å². The first-order valence-corrected chi connectivity index (χ1v) is 5.15. The minimum absolute atomic E-state index is 0.646. The average Bonchev–Trinajstić information content (AvgIpc) is 2.27. The molecule has 1 heterocycles. The Labute approximate surface area is 84.8 Å². The van der Waals surface area contributed by atoms with Crippen molar-refractivity contribution in [2.24, 2.45) is 0 Å². The summed E-state index contributed by atoms with van der Waals surface area (Å²) in [5.41, 5.74) is 1.42. The Morgan fingerprint density at radius 2 is 2.07 bits per heavy atom. The highest BCUT2D eigenvalue weighted by Gasteiger charge is 2.02. The summed E-state index contributed by atoms with van der Waals surface area (Å²) in [4.78, 5) is 4.11. The topological polar surface area (TPSA) is 12.9 Å². The quantitative estimate of drug-likeness (QED) is 0.694. The lowest BCUT2D eigenvalue weighted by molar-refractivity contribution is 0.735. The Kier molecular flexibility index (Phi) is 2.49. The molecule has 0 spiro atoms. The number of nitrogens with zero attached hydrogens (tertiary/aromatic N) is 1. The average molecular weight is 185 g/mol. The summed E-state index contributed by atoms with van der Waals surface area (Å²) in [5.74, 6) is 0.646. The third-order valence-corrected chi connectivity index (χ3v) is 2.85. The fourth-order valence-corrected chi connectivity index (χ4v) is 1.64. The van der Waals surface area contributed by atoms with Crippen LogP contribution in [-0.2, 0) is 0 Å². The molecule has 1 aromatic carbocycles. The van der Waals surface area contributed by atoms with Gasteiger partial charge >= 0.3 is 0 Å². The van der Waals surface area contributed by atoms with Crippen molar-refractivity contribution >= 4 is 10.8 Å². The monoisotopic (exact) mass is 185 g/mol. The van der Waals surface area contributed by atoms with E-state index in [1.165, 1.54) is 22.8 Å². The van der Waals surface area contributed by atoms with E-state index in [2.05, 4.69) is 43.1 Å². The van der Waals surface area contributed by atoms with Crippen LogP contribution in [0.25, 0.3) is 10.8 Å². The summed E-state index contributed by atoms with van der Waals surface area (Å²) in [6, 6.07) is 8.70. The normalized spacial score (nSPS) is 13.0. The fourth-order valence-electron chi connectivity index (χ4n) is 1.64. The van der Waals surface area contributed by atoms with Crippen LogP contribution in [0.2, 0.25) is 0 Å². The standard InChI is InChI=1S/C13H15N/c1-3-10(2)11-4-5-13-9-14-7-6-12(13)8-11/h4-10H,3H2,1-2H3. The largest absolute Gasteiger partial charge is 0.264 e. The molecule has 2 aromatic rings. The maximum absolute atomic E-state index is 4.11. The van der Waals surface area contributed by atoms with Gasteiger partial charge in [0.25, 0.3) is 0 Å². The maximum Gasteiger partial charge on any atom is 0.0346 e. The molecule has 14 heavy (non-hydrogen) atoms. The van der Waals surface area contributed by atoms with E-state index < -0.39 is 0 Å². The van der Waals surface area contributed by atoms with Crippen molar-refractivity contribution in [3.63, 3.8) is 0 Å². The van der Waals surface area contributed by atoms with Crippen LogP contribution in [0.1, 0.15) is 31.7 Å². The van der Waals surface area contributed by atoms with Crippen LogP contribution < -0.4 is 0 Å². The molecule has 72 valence electrons. The van der Waals surface area contributed by atoms with Crippen molar-refractivity contribution in [2.75, 3.05) is 0 Å². The zero-order chi connectivity index (χ0) is 9.97. The highest BCUT2D eigenvalue weighted by atomic mass is 14.6. The fraction of sp³-hybridized carbons (Fsp3) is 0.308. The lowest BCUT2D eigenvalue weighted by Crippen LogP contribution is -1.90. The van der Waals surface area contributed by atoms with E-state index in [-0.39, 0.29) is 0 Å². The van der Waals surface area contributed by atoms with Gasteiger partial charge in [-0.25, -0.2) is 0 Å². The van der Waals surface area contributed by atoms with Gasteiger partial charge in [0.2, 0.25) is 0 Å². The predicted octanol–water partition coefficient (Wildman–Crippen LogP) is 3.75. The lowest BCUT2D eigenvalue weighted by Gasteiger charge is -2.09. The van der Waals surface area contributed by atoms with Crippen molar-refractivity contribution in [2.45, 2.75) is 26.2 Å². The molecular weight excluding hydrogens is 170 g/mol. The number of pyridine rings is 1. The molecule has 0 radical (unpaired) electrons. The van der Waals surface area contributed by atoms with Gasteiger partial charge < -0.3 is 0 Å². The molecule has 0 aliphatic heterocycles. The molecule has 1 atom stereocenters. The van der Waals surface area contributed by atoms with Gasteiger partial charge in [-0.3, -0.25) is 4.98 Å². The van der Waals surface area contributed by atoms with Crippen molar-refractivity contribution in [3.05, 3.63) is 42.2 Å². The van der Waals surface area contributed by atoms with E-state index in [1.807, 2.05) is 12.4 Å². The molecule has 0 amide bonds. The van der Waals surface area contributed by atoms with E-state index in [4.69, 9.17) is 0 Å². The predicted molar refractivity (Wildman–Crippen MR) is 60.4 cm³/mol. The Bertz CT molecular complexity index is 434. The molecule has 1 heteroatoms. The molecule has 0 bridgehead atoms. The van der Waals surface area contributed by atoms with E-state index in [0.29, 0.717) is 5.92 Å². The Morgan fingerprint density at radius 1 is 1.21 bits per heavy atom. The van der Waals surface area contributed by atoms with Gasteiger partial charge in [0, 0.05) is 17.8 Å². The van der Waals surface area contributed by atoms with Gasteiger partial charge in [-0.15, -0.1) is 0 Å². The van der Waals surface area contributed by atoms with Gasteiger partial charge in [0.1, 0.15) is 0 Å². The molecule has 2 rings (SSSR count). The third kappa shape index (κ3) is 1.63. The van der Waals surface area contributed by atoms with E-state index in [0.717, 1.165) is 0 Å². The highest BCUT2D eigenvalue weighted by Crippen LogP contribution is 2.22. The van der Waals surface area contributed by atoms with Crippen LogP contribution in [0.15, 0.2) is 36.7 Å². The van der Waals surface area contributed by atoms with Crippen LogP contribution in [0.5, 0.6) is 0 Å². The molecule has 0 fully saturated rings. The van der Waals surface area contributed by atoms with Crippen molar-refractivity contribution in [1.29, 1.82) is 0 Å². The van der Waals surface area contributed by atoms with Crippen molar-refractivity contribution in [1.82, 2.24) is 4.98 Å². The van der Waals surface area contributed by atoms with Gasteiger partial charge in [-0.1, -0.05) is 32.0 Å². The summed E-state index contributed by atoms with van der Waals surface area (Å²) < 4.78 is 0. The van der Waals surface area contributed by atoms with Crippen LogP contribution >= 0.6 is 0 Å². The molecule has 1 unspecified atom stereocenters. The van der Waals surface area contributed by atoms with E-state index in [9.17, 15) is 0 Å². The zero-order valence-electron chi connectivity index (χ0n) is 8.70. The third-order valence-electron chi connectivity index (χ3n) is 2.85. The number of hydrogen-bond donors (Lipinski definition) is 0. The molecule has 0 saturated heterocycles. The Balaban J connectivity index is 2.51. The number of fused-ring (bicyclic) bond motifs is 1. The first-order chi connectivity index (χ1) is 6.81. The number of hydrogen-bond acceptors (Lipinski definition) is 1. The Hall–Kier alpha value is -1.37. The maximum atomic E-state index is 4.11.